The molecule has 0 aromatic heterocycles. The first-order valence-electron chi connectivity index (χ1n) is 5.29. The second-order valence-electron chi connectivity index (χ2n) is 3.61. The zero-order valence-electron chi connectivity index (χ0n) is 9.67. The number of hydrogen-bond acceptors (Lipinski definition) is 5. The lowest BCUT2D eigenvalue weighted by Crippen LogP contribution is -2.09. The van der Waals surface area contributed by atoms with Gasteiger partial charge in [-0.2, -0.15) is 0 Å². The molecule has 0 saturated carbocycles. The first kappa shape index (κ1) is 13.9. The van der Waals surface area contributed by atoms with E-state index < -0.39 is 4.92 Å². The van der Waals surface area contributed by atoms with Crippen molar-refractivity contribution in [1.29, 1.82) is 0 Å². The summed E-state index contributed by atoms with van der Waals surface area (Å²) < 4.78 is 0.962. The molecule has 0 bridgehead atoms. The van der Waals surface area contributed by atoms with E-state index in [0.29, 0.717) is 10.6 Å². The van der Waals surface area contributed by atoms with Crippen LogP contribution in [0.3, 0.4) is 0 Å². The molecule has 3 N–H and O–H groups in total. The first-order chi connectivity index (χ1) is 9.11. The largest absolute Gasteiger partial charge is 0.318 e. The van der Waals surface area contributed by atoms with Gasteiger partial charge >= 0.3 is 5.69 Å². The Kier molecular flexibility index (Phi) is 4.41. The molecule has 0 heterocycles. The molecule has 5 nitrogen and oxygen atoms in total. The number of nitrogen functional groups attached to an aromatic ring is 1. The molecule has 0 saturated heterocycles. The van der Waals surface area contributed by atoms with Gasteiger partial charge in [-0.25, -0.2) is 0 Å². The smallest absolute Gasteiger partial charge is 0.307 e. The molecule has 0 aliphatic heterocycles. The third kappa shape index (κ3) is 3.25. The van der Waals surface area contributed by atoms with Crippen LogP contribution in [0.15, 0.2) is 56.7 Å². The molecule has 2 aromatic rings. The van der Waals surface area contributed by atoms with Crippen LogP contribution in [-0.4, -0.2) is 4.92 Å². The second-order valence-corrected chi connectivity index (χ2v) is 5.64. The number of anilines is 1. The normalized spacial score (nSPS) is 10.2. The Hall–Kier alpha value is -1.57. The van der Waals surface area contributed by atoms with Crippen molar-refractivity contribution in [1.82, 2.24) is 0 Å². The van der Waals surface area contributed by atoms with Gasteiger partial charge in [0.2, 0.25) is 0 Å². The molecule has 0 spiro atoms. The summed E-state index contributed by atoms with van der Waals surface area (Å²) >= 11 is 4.67. The van der Waals surface area contributed by atoms with Gasteiger partial charge in [0.05, 0.1) is 9.82 Å². The van der Waals surface area contributed by atoms with E-state index in [9.17, 15) is 10.1 Å². The highest BCUT2D eigenvalue weighted by Gasteiger charge is 2.19. The summed E-state index contributed by atoms with van der Waals surface area (Å²) in [6.45, 7) is 0. The fourth-order valence-corrected chi connectivity index (χ4v) is 2.76. The number of nitrogens with two attached hydrogens (primary N) is 1. The van der Waals surface area contributed by atoms with Gasteiger partial charge in [0.25, 0.3) is 0 Å². The van der Waals surface area contributed by atoms with Gasteiger partial charge in [-0.05, 0) is 36.4 Å². The van der Waals surface area contributed by atoms with E-state index >= 15 is 0 Å². The molecule has 0 unspecified atom stereocenters. The molecule has 0 amide bonds. The van der Waals surface area contributed by atoms with E-state index in [2.05, 4.69) is 21.4 Å². The minimum Gasteiger partial charge on any atom is -0.318 e. The minimum atomic E-state index is -0.434. The van der Waals surface area contributed by atoms with Crippen molar-refractivity contribution < 1.29 is 4.92 Å². The van der Waals surface area contributed by atoms with E-state index in [-0.39, 0.29) is 5.69 Å². The van der Waals surface area contributed by atoms with Crippen molar-refractivity contribution in [3.8, 4) is 0 Å². The standard InChI is InChI=1S/C12H10BrN3O2S/c13-8-4-6-9(7-5-8)19-11-3-1-2-10(15-14)12(11)16(17)18/h1-7,15H,14H2. The Morgan fingerprint density at radius 3 is 2.47 bits per heavy atom. The van der Waals surface area contributed by atoms with Crippen molar-refractivity contribution in [2.45, 2.75) is 9.79 Å². The van der Waals surface area contributed by atoms with E-state index in [1.807, 2.05) is 24.3 Å². The zero-order chi connectivity index (χ0) is 13.8. The predicted octanol–water partition coefficient (Wildman–Crippen LogP) is 3.79. The molecule has 0 aliphatic rings. The van der Waals surface area contributed by atoms with Crippen molar-refractivity contribution in [3.05, 3.63) is 57.1 Å². The van der Waals surface area contributed by atoms with Crippen LogP contribution >= 0.6 is 27.7 Å². The highest BCUT2D eigenvalue weighted by Crippen LogP contribution is 2.39. The van der Waals surface area contributed by atoms with Gasteiger partial charge in [-0.3, -0.25) is 16.0 Å². The van der Waals surface area contributed by atoms with Crippen molar-refractivity contribution in [2.75, 3.05) is 5.43 Å². The van der Waals surface area contributed by atoms with Crippen LogP contribution < -0.4 is 11.3 Å². The summed E-state index contributed by atoms with van der Waals surface area (Å²) in [6.07, 6.45) is 0. The maximum absolute atomic E-state index is 11.1. The Bertz CT molecular complexity index is 604. The Morgan fingerprint density at radius 2 is 1.89 bits per heavy atom. The zero-order valence-corrected chi connectivity index (χ0v) is 12.1. The highest BCUT2D eigenvalue weighted by molar-refractivity contribution is 9.10. The number of nitrogens with zero attached hydrogens (tertiary/aromatic N) is 1. The SMILES string of the molecule is NNc1cccc(Sc2ccc(Br)cc2)c1[N+](=O)[O-]. The molecule has 2 rings (SSSR count). The molecule has 0 aliphatic carbocycles. The molecule has 0 atom stereocenters. The van der Waals surface area contributed by atoms with Gasteiger partial charge in [0.1, 0.15) is 5.69 Å². The van der Waals surface area contributed by atoms with Crippen molar-refractivity contribution in [3.63, 3.8) is 0 Å². The van der Waals surface area contributed by atoms with E-state index in [4.69, 9.17) is 5.84 Å². The maximum atomic E-state index is 11.1. The minimum absolute atomic E-state index is 0.0158. The lowest BCUT2D eigenvalue weighted by Gasteiger charge is -2.07. The topological polar surface area (TPSA) is 81.2 Å². The number of rotatable bonds is 4. The third-order valence-electron chi connectivity index (χ3n) is 2.38. The van der Waals surface area contributed by atoms with Crippen molar-refractivity contribution in [2.24, 2.45) is 5.84 Å². The lowest BCUT2D eigenvalue weighted by atomic mass is 10.3. The third-order valence-corrected chi connectivity index (χ3v) is 3.96. The molecule has 98 valence electrons. The number of halogens is 1. The summed E-state index contributed by atoms with van der Waals surface area (Å²) in [5, 5.41) is 11.1. The van der Waals surface area contributed by atoms with Crippen LogP contribution in [0, 0.1) is 10.1 Å². The van der Waals surface area contributed by atoms with Crippen LogP contribution in [0.5, 0.6) is 0 Å². The van der Waals surface area contributed by atoms with Crippen LogP contribution in [-0.2, 0) is 0 Å². The summed E-state index contributed by atoms with van der Waals surface area (Å²) in [6, 6.07) is 12.6. The van der Waals surface area contributed by atoms with Gasteiger partial charge < -0.3 is 5.43 Å². The van der Waals surface area contributed by atoms with Crippen LogP contribution in [0.2, 0.25) is 0 Å². The number of nitro groups is 1. The number of nitro benzene ring substituents is 1. The van der Waals surface area contributed by atoms with E-state index in [0.717, 1.165) is 9.37 Å². The number of hydrazine groups is 1. The summed E-state index contributed by atoms with van der Waals surface area (Å²) in [5.74, 6) is 5.30. The Morgan fingerprint density at radius 1 is 1.21 bits per heavy atom. The monoisotopic (exact) mass is 339 g/mol. The number of para-hydroxylation sites is 1. The number of nitrogens with one attached hydrogen (secondary N) is 1. The molecular weight excluding hydrogens is 330 g/mol. The fraction of sp³-hybridized carbons (Fsp3) is 0. The van der Waals surface area contributed by atoms with Crippen molar-refractivity contribution >= 4 is 39.1 Å². The number of benzene rings is 2. The van der Waals surface area contributed by atoms with Crippen LogP contribution in [0.1, 0.15) is 0 Å². The summed E-state index contributed by atoms with van der Waals surface area (Å²) in [7, 11) is 0. The Balaban J connectivity index is 2.39. The quantitative estimate of drug-likeness (QED) is 0.503. The molecule has 7 heteroatoms. The molecule has 0 fully saturated rings. The summed E-state index contributed by atoms with van der Waals surface area (Å²) in [4.78, 5) is 12.2. The first-order valence-corrected chi connectivity index (χ1v) is 6.90. The molecule has 0 radical (unpaired) electrons. The van der Waals surface area contributed by atoms with E-state index in [1.54, 1.807) is 18.2 Å². The van der Waals surface area contributed by atoms with Crippen LogP contribution in [0.25, 0.3) is 0 Å². The molecule has 2 aromatic carbocycles. The predicted molar refractivity (Wildman–Crippen MR) is 79.2 cm³/mol. The Labute approximate surface area is 122 Å². The average Bonchev–Trinajstić information content (AvgIpc) is 2.40. The highest BCUT2D eigenvalue weighted by atomic mass is 79.9. The molecular formula is C12H10BrN3O2S. The average molecular weight is 340 g/mol. The fourth-order valence-electron chi connectivity index (χ4n) is 1.54. The number of hydrogen-bond donors (Lipinski definition) is 2. The van der Waals surface area contributed by atoms with Gasteiger partial charge in [-0.15, -0.1) is 0 Å². The van der Waals surface area contributed by atoms with Gasteiger partial charge in [0.15, 0.2) is 0 Å². The molecule has 19 heavy (non-hydrogen) atoms. The van der Waals surface area contributed by atoms with E-state index in [1.165, 1.54) is 11.8 Å². The second kappa shape index (κ2) is 6.05. The van der Waals surface area contributed by atoms with Crippen LogP contribution in [0.4, 0.5) is 11.4 Å². The lowest BCUT2D eigenvalue weighted by molar-refractivity contribution is -0.386. The maximum Gasteiger partial charge on any atom is 0.307 e. The van der Waals surface area contributed by atoms with Gasteiger partial charge in [-0.1, -0.05) is 33.8 Å². The van der Waals surface area contributed by atoms with Gasteiger partial charge in [0, 0.05) is 9.37 Å². The summed E-state index contributed by atoms with van der Waals surface area (Å²) in [5.41, 5.74) is 2.63.